The molecule has 0 spiro atoms. The van der Waals surface area contributed by atoms with E-state index in [1.54, 1.807) is 6.08 Å². The maximum atomic E-state index is 10.4. The van der Waals surface area contributed by atoms with Gasteiger partial charge in [-0.05, 0) is 25.7 Å². The van der Waals surface area contributed by atoms with Gasteiger partial charge < -0.3 is 14.9 Å². The Bertz CT molecular complexity index is 567. The van der Waals surface area contributed by atoms with Crippen molar-refractivity contribution in [3.05, 3.63) is 72.9 Å². The van der Waals surface area contributed by atoms with Crippen LogP contribution < -0.4 is 0 Å². The van der Waals surface area contributed by atoms with Crippen LogP contribution in [0.1, 0.15) is 39.0 Å². The number of aliphatic hydroxyl groups is 1. The largest absolute Gasteiger partial charge is 0.481 e. The second-order valence-corrected chi connectivity index (χ2v) is 6.00. The molecule has 1 aliphatic heterocycles. The van der Waals surface area contributed by atoms with Gasteiger partial charge in [0.1, 0.15) is 6.10 Å². The Hall–Kier alpha value is -2.17. The summed E-state index contributed by atoms with van der Waals surface area (Å²) in [6.07, 6.45) is 26.3. The molecule has 2 N–H and O–H groups in total. The Kier molecular flexibility index (Phi) is 11.8. The van der Waals surface area contributed by atoms with Gasteiger partial charge in [-0.3, -0.25) is 4.79 Å². The van der Waals surface area contributed by atoms with Crippen LogP contribution in [0.25, 0.3) is 0 Å². The van der Waals surface area contributed by atoms with Crippen LogP contribution in [0.15, 0.2) is 72.9 Å². The standard InChI is InChI=1S/C22H30O4/c1-2-3-9-14-19(23)15-10-6-4-5-7-11-16-20-21(26-20)17-12-8-13-18-22(24)25/h3-12,15-16,19-21,23H,2,13-14,17-18H2,1H3,(H,24,25)/b6-4-,7-5+,9-3-,12-8-,15-10+,16-11+/t19-,20?,21?/m1/s1. The number of ether oxygens (including phenoxy) is 1. The van der Waals surface area contributed by atoms with Gasteiger partial charge in [-0.25, -0.2) is 0 Å². The highest BCUT2D eigenvalue weighted by Crippen LogP contribution is 2.26. The summed E-state index contributed by atoms with van der Waals surface area (Å²) in [7, 11) is 0. The monoisotopic (exact) mass is 358 g/mol. The Morgan fingerprint density at radius 1 is 1.04 bits per heavy atom. The lowest BCUT2D eigenvalue weighted by atomic mass is 10.2. The molecule has 2 unspecified atom stereocenters. The predicted molar refractivity (Wildman–Crippen MR) is 106 cm³/mol. The van der Waals surface area contributed by atoms with Crippen LogP contribution in [0.2, 0.25) is 0 Å². The van der Waals surface area contributed by atoms with Gasteiger partial charge in [0.25, 0.3) is 0 Å². The summed E-state index contributed by atoms with van der Waals surface area (Å²) in [5, 5.41) is 18.2. The molecule has 4 heteroatoms. The first-order valence-corrected chi connectivity index (χ1v) is 9.17. The first-order valence-electron chi connectivity index (χ1n) is 9.17. The fraction of sp³-hybridized carbons (Fsp3) is 0.409. The first-order chi connectivity index (χ1) is 12.6. The van der Waals surface area contributed by atoms with Crippen LogP contribution in [-0.2, 0) is 9.53 Å². The molecule has 0 aromatic carbocycles. The molecule has 1 rings (SSSR count). The number of epoxide rings is 1. The van der Waals surface area contributed by atoms with Crippen molar-refractivity contribution < 1.29 is 19.7 Å². The highest BCUT2D eigenvalue weighted by atomic mass is 16.6. The fourth-order valence-corrected chi connectivity index (χ4v) is 2.17. The van der Waals surface area contributed by atoms with Crippen molar-refractivity contribution in [2.45, 2.75) is 57.3 Å². The second kappa shape index (κ2) is 14.0. The van der Waals surface area contributed by atoms with E-state index in [0.717, 1.165) is 12.8 Å². The van der Waals surface area contributed by atoms with E-state index in [1.807, 2.05) is 66.8 Å². The van der Waals surface area contributed by atoms with E-state index < -0.39 is 12.1 Å². The summed E-state index contributed by atoms with van der Waals surface area (Å²) >= 11 is 0. The molecule has 0 aromatic rings. The van der Waals surface area contributed by atoms with Crippen LogP contribution in [-0.4, -0.2) is 34.5 Å². The number of rotatable bonds is 13. The molecule has 26 heavy (non-hydrogen) atoms. The van der Waals surface area contributed by atoms with Crippen molar-refractivity contribution in [2.75, 3.05) is 0 Å². The molecule has 0 aromatic heterocycles. The van der Waals surface area contributed by atoms with E-state index in [0.29, 0.717) is 12.8 Å². The van der Waals surface area contributed by atoms with Crippen LogP contribution in [0.3, 0.4) is 0 Å². The third kappa shape index (κ3) is 12.2. The van der Waals surface area contributed by atoms with Crippen molar-refractivity contribution in [1.29, 1.82) is 0 Å². The Morgan fingerprint density at radius 2 is 1.77 bits per heavy atom. The Balaban J connectivity index is 2.11. The van der Waals surface area contributed by atoms with Crippen molar-refractivity contribution in [3.63, 3.8) is 0 Å². The number of hydrogen-bond acceptors (Lipinski definition) is 3. The second-order valence-electron chi connectivity index (χ2n) is 6.00. The van der Waals surface area contributed by atoms with E-state index in [9.17, 15) is 9.90 Å². The minimum atomic E-state index is -0.769. The van der Waals surface area contributed by atoms with Crippen LogP contribution in [0, 0.1) is 0 Å². The number of aliphatic carboxylic acids is 1. The summed E-state index contributed by atoms with van der Waals surface area (Å²) < 4.78 is 5.51. The molecule has 1 saturated heterocycles. The first kappa shape index (κ1) is 21.9. The van der Waals surface area contributed by atoms with Crippen molar-refractivity contribution in [1.82, 2.24) is 0 Å². The summed E-state index contributed by atoms with van der Waals surface area (Å²) in [5.74, 6) is -0.769. The third-order valence-corrected chi connectivity index (χ3v) is 3.65. The summed E-state index contributed by atoms with van der Waals surface area (Å²) in [6.45, 7) is 2.07. The zero-order chi connectivity index (χ0) is 19.0. The number of aliphatic hydroxyl groups excluding tert-OH is 1. The van der Waals surface area contributed by atoms with Crippen molar-refractivity contribution >= 4 is 5.97 Å². The lowest BCUT2D eigenvalue weighted by Crippen LogP contribution is -1.98. The van der Waals surface area contributed by atoms with E-state index in [4.69, 9.17) is 9.84 Å². The number of carboxylic acid groups (broad SMARTS) is 1. The van der Waals surface area contributed by atoms with E-state index >= 15 is 0 Å². The van der Waals surface area contributed by atoms with Crippen LogP contribution in [0.5, 0.6) is 0 Å². The van der Waals surface area contributed by atoms with E-state index in [-0.39, 0.29) is 18.6 Å². The van der Waals surface area contributed by atoms with Gasteiger partial charge >= 0.3 is 5.97 Å². The van der Waals surface area contributed by atoms with Gasteiger partial charge in [0.15, 0.2) is 0 Å². The number of allylic oxidation sites excluding steroid dienone is 8. The molecule has 0 radical (unpaired) electrons. The average molecular weight is 358 g/mol. The number of hydrogen-bond donors (Lipinski definition) is 2. The lowest BCUT2D eigenvalue weighted by Gasteiger charge is -1.98. The molecule has 0 amide bonds. The van der Waals surface area contributed by atoms with E-state index in [1.165, 1.54) is 0 Å². The average Bonchev–Trinajstić information content (AvgIpc) is 3.35. The summed E-state index contributed by atoms with van der Waals surface area (Å²) in [5.41, 5.74) is 0. The highest BCUT2D eigenvalue weighted by Gasteiger charge is 2.34. The number of carbonyl (C=O) groups is 1. The maximum absolute atomic E-state index is 10.4. The molecule has 0 aliphatic carbocycles. The Morgan fingerprint density at radius 3 is 2.50 bits per heavy atom. The van der Waals surface area contributed by atoms with Crippen molar-refractivity contribution in [3.8, 4) is 0 Å². The van der Waals surface area contributed by atoms with E-state index in [2.05, 4.69) is 6.92 Å². The predicted octanol–water partition coefficient (Wildman–Crippen LogP) is 4.51. The van der Waals surface area contributed by atoms with Gasteiger partial charge in [-0.2, -0.15) is 0 Å². The zero-order valence-corrected chi connectivity index (χ0v) is 15.4. The maximum Gasteiger partial charge on any atom is 0.303 e. The molecule has 1 aliphatic rings. The minimum absolute atomic E-state index is 0.152. The molecule has 142 valence electrons. The molecular weight excluding hydrogens is 328 g/mol. The Labute approximate surface area is 156 Å². The molecular formula is C22H30O4. The topological polar surface area (TPSA) is 70.1 Å². The molecule has 0 bridgehead atoms. The summed E-state index contributed by atoms with van der Waals surface area (Å²) in [4.78, 5) is 10.4. The molecule has 0 saturated carbocycles. The van der Waals surface area contributed by atoms with Gasteiger partial charge in [0.2, 0.25) is 0 Å². The lowest BCUT2D eigenvalue weighted by molar-refractivity contribution is -0.136. The molecule has 1 heterocycles. The molecule has 1 fully saturated rings. The van der Waals surface area contributed by atoms with Gasteiger partial charge in [-0.1, -0.05) is 79.8 Å². The normalized spacial score (nSPS) is 22.1. The highest BCUT2D eigenvalue weighted by molar-refractivity contribution is 5.66. The van der Waals surface area contributed by atoms with Crippen LogP contribution in [0.4, 0.5) is 0 Å². The SMILES string of the molecule is CC/C=C\C[C@@H](O)/C=C/C=C\C=C\C=C\C1OC1C/C=C\CCC(=O)O. The minimum Gasteiger partial charge on any atom is -0.481 e. The molecule has 3 atom stereocenters. The summed E-state index contributed by atoms with van der Waals surface area (Å²) in [6, 6.07) is 0. The van der Waals surface area contributed by atoms with Gasteiger partial charge in [0.05, 0.1) is 12.2 Å². The molecule has 4 nitrogen and oxygen atoms in total. The fourth-order valence-electron chi connectivity index (χ4n) is 2.17. The van der Waals surface area contributed by atoms with Gasteiger partial charge in [-0.15, -0.1) is 0 Å². The smallest absolute Gasteiger partial charge is 0.303 e. The van der Waals surface area contributed by atoms with Gasteiger partial charge in [0, 0.05) is 6.42 Å². The third-order valence-electron chi connectivity index (χ3n) is 3.65. The zero-order valence-electron chi connectivity index (χ0n) is 15.4. The van der Waals surface area contributed by atoms with Crippen LogP contribution >= 0.6 is 0 Å². The van der Waals surface area contributed by atoms with Crippen molar-refractivity contribution in [2.24, 2.45) is 0 Å². The number of carboxylic acids is 1. The quantitative estimate of drug-likeness (QED) is 0.289.